The third kappa shape index (κ3) is 4.06. The molecule has 5 nitrogen and oxygen atoms in total. The molecule has 1 aromatic carbocycles. The Kier molecular flexibility index (Phi) is 4.94. The smallest absolute Gasteiger partial charge is 0.326 e. The quantitative estimate of drug-likeness (QED) is 0.857. The van der Waals surface area contributed by atoms with Crippen molar-refractivity contribution in [1.82, 2.24) is 5.32 Å². The van der Waals surface area contributed by atoms with E-state index in [1.165, 1.54) is 18.4 Å². The summed E-state index contributed by atoms with van der Waals surface area (Å²) in [5.41, 5.74) is 0.856. The molecule has 0 spiro atoms. The largest absolute Gasteiger partial charge is 0.496 e. The van der Waals surface area contributed by atoms with Gasteiger partial charge in [0.25, 0.3) is 5.91 Å². The lowest BCUT2D eigenvalue weighted by Gasteiger charge is -2.14. The van der Waals surface area contributed by atoms with Gasteiger partial charge in [-0.25, -0.2) is 4.79 Å². The van der Waals surface area contributed by atoms with Crippen molar-refractivity contribution in [2.45, 2.75) is 12.5 Å². The monoisotopic (exact) mass is 305 g/mol. The maximum Gasteiger partial charge on any atom is 0.326 e. The van der Waals surface area contributed by atoms with Crippen LogP contribution in [0.3, 0.4) is 0 Å². The number of carbonyl (C=O) groups excluding carboxylic acids is 1. The number of hydrogen-bond acceptors (Lipinski definition) is 4. The molecule has 1 aromatic heterocycles. The van der Waals surface area contributed by atoms with Crippen molar-refractivity contribution in [3.63, 3.8) is 0 Å². The molecule has 6 heteroatoms. The van der Waals surface area contributed by atoms with Gasteiger partial charge in [-0.15, -0.1) is 11.3 Å². The van der Waals surface area contributed by atoms with Crippen LogP contribution in [-0.2, 0) is 11.2 Å². The highest BCUT2D eigenvalue weighted by Gasteiger charge is 2.22. The average Bonchev–Trinajstić information content (AvgIpc) is 2.96. The Labute approximate surface area is 126 Å². The number of aliphatic carboxylic acids is 1. The molecule has 0 saturated carbocycles. The van der Waals surface area contributed by atoms with Crippen LogP contribution < -0.4 is 10.1 Å². The summed E-state index contributed by atoms with van der Waals surface area (Å²) >= 11 is 1.21. The van der Waals surface area contributed by atoms with Crippen LogP contribution in [0.15, 0.2) is 41.8 Å². The molecule has 1 atom stereocenters. The zero-order chi connectivity index (χ0) is 15.2. The summed E-state index contributed by atoms with van der Waals surface area (Å²) in [6.07, 6.45) is 0.240. The first-order chi connectivity index (χ1) is 10.1. The molecule has 2 N–H and O–H groups in total. The third-order valence-electron chi connectivity index (χ3n) is 2.92. The predicted octanol–water partition coefficient (Wildman–Crippen LogP) is 2.18. The van der Waals surface area contributed by atoms with Gasteiger partial charge in [0.15, 0.2) is 0 Å². The van der Waals surface area contributed by atoms with Gasteiger partial charge in [-0.05, 0) is 5.56 Å². The summed E-state index contributed by atoms with van der Waals surface area (Å²) in [6, 6.07) is 9.80. The minimum Gasteiger partial charge on any atom is -0.496 e. The van der Waals surface area contributed by atoms with Crippen molar-refractivity contribution >= 4 is 23.2 Å². The number of carbonyl (C=O) groups is 2. The standard InChI is InChI=1S/C15H15NO4S/c1-20-11-8-13(21-9-11)14(17)16-12(15(18)19)7-10-5-3-2-4-6-10/h2-6,8-9,12H,7H2,1H3,(H,16,17)(H,18,19). The van der Waals surface area contributed by atoms with Gasteiger partial charge in [0.05, 0.1) is 12.0 Å². The van der Waals surface area contributed by atoms with Crippen LogP contribution in [0.2, 0.25) is 0 Å². The van der Waals surface area contributed by atoms with Crippen LogP contribution in [0.4, 0.5) is 0 Å². The Morgan fingerprint density at radius 1 is 1.33 bits per heavy atom. The van der Waals surface area contributed by atoms with Crippen LogP contribution in [0, 0.1) is 0 Å². The summed E-state index contributed by atoms with van der Waals surface area (Å²) in [5.74, 6) is -0.887. The highest BCUT2D eigenvalue weighted by molar-refractivity contribution is 7.12. The number of carboxylic acid groups (broad SMARTS) is 1. The molecule has 0 fully saturated rings. The van der Waals surface area contributed by atoms with Crippen LogP contribution in [0.25, 0.3) is 0 Å². The van der Waals surface area contributed by atoms with Crippen LogP contribution in [-0.4, -0.2) is 30.1 Å². The lowest BCUT2D eigenvalue weighted by atomic mass is 10.1. The van der Waals surface area contributed by atoms with E-state index in [1.54, 1.807) is 11.4 Å². The number of nitrogens with one attached hydrogen (secondary N) is 1. The topological polar surface area (TPSA) is 75.6 Å². The van der Waals surface area contributed by atoms with Gasteiger partial charge < -0.3 is 15.2 Å². The molecule has 0 bridgehead atoms. The molecule has 0 radical (unpaired) electrons. The van der Waals surface area contributed by atoms with Crippen LogP contribution in [0.1, 0.15) is 15.2 Å². The SMILES string of the molecule is COc1csc(C(=O)NC(Cc2ccccc2)C(=O)O)c1. The maximum absolute atomic E-state index is 12.1. The molecule has 110 valence electrons. The molecule has 1 amide bonds. The zero-order valence-electron chi connectivity index (χ0n) is 11.4. The van der Waals surface area contributed by atoms with Crippen molar-refractivity contribution in [1.29, 1.82) is 0 Å². The Bertz CT molecular complexity index is 624. The van der Waals surface area contributed by atoms with E-state index in [0.717, 1.165) is 5.56 Å². The summed E-state index contributed by atoms with van der Waals surface area (Å²) < 4.78 is 5.01. The molecule has 0 saturated heterocycles. The van der Waals surface area contributed by atoms with Crippen molar-refractivity contribution in [2.24, 2.45) is 0 Å². The molecular formula is C15H15NO4S. The Morgan fingerprint density at radius 3 is 2.62 bits per heavy atom. The van der Waals surface area contributed by atoms with Crippen LogP contribution in [0.5, 0.6) is 5.75 Å². The summed E-state index contributed by atoms with van der Waals surface area (Å²) in [7, 11) is 1.51. The summed E-state index contributed by atoms with van der Waals surface area (Å²) in [5, 5.41) is 13.5. The average molecular weight is 305 g/mol. The fraction of sp³-hybridized carbons (Fsp3) is 0.200. The minimum absolute atomic E-state index is 0.240. The van der Waals surface area contributed by atoms with Gasteiger partial charge in [-0.2, -0.15) is 0 Å². The number of thiophene rings is 1. The molecule has 2 aromatic rings. The second-order valence-electron chi connectivity index (χ2n) is 4.40. The van der Waals surface area contributed by atoms with E-state index in [-0.39, 0.29) is 6.42 Å². The molecule has 1 unspecified atom stereocenters. The normalized spacial score (nSPS) is 11.7. The number of methoxy groups -OCH3 is 1. The van der Waals surface area contributed by atoms with Crippen molar-refractivity contribution in [3.05, 3.63) is 52.2 Å². The third-order valence-corrected chi connectivity index (χ3v) is 3.83. The Hall–Kier alpha value is -2.34. The Balaban J connectivity index is 2.05. The Morgan fingerprint density at radius 2 is 2.05 bits per heavy atom. The maximum atomic E-state index is 12.1. The van der Waals surface area contributed by atoms with Crippen LogP contribution >= 0.6 is 11.3 Å². The van der Waals surface area contributed by atoms with Gasteiger partial charge in [-0.1, -0.05) is 30.3 Å². The number of hydrogen-bond donors (Lipinski definition) is 2. The minimum atomic E-state index is -1.06. The molecule has 0 aliphatic carbocycles. The number of ether oxygens (including phenoxy) is 1. The van der Waals surface area contributed by atoms with E-state index in [1.807, 2.05) is 30.3 Å². The molecule has 21 heavy (non-hydrogen) atoms. The highest BCUT2D eigenvalue weighted by atomic mass is 32.1. The number of benzene rings is 1. The summed E-state index contributed by atoms with van der Waals surface area (Å²) in [4.78, 5) is 23.8. The van der Waals surface area contributed by atoms with E-state index in [2.05, 4.69) is 5.32 Å². The van der Waals surface area contributed by atoms with Gasteiger partial charge in [0.2, 0.25) is 0 Å². The van der Waals surface area contributed by atoms with E-state index in [4.69, 9.17) is 4.74 Å². The van der Waals surface area contributed by atoms with E-state index >= 15 is 0 Å². The molecule has 1 heterocycles. The second-order valence-corrected chi connectivity index (χ2v) is 5.32. The molecular weight excluding hydrogens is 290 g/mol. The number of carboxylic acids is 1. The van der Waals surface area contributed by atoms with Gasteiger partial charge in [-0.3, -0.25) is 4.79 Å². The fourth-order valence-corrected chi connectivity index (χ4v) is 2.58. The van der Waals surface area contributed by atoms with E-state index in [0.29, 0.717) is 10.6 Å². The van der Waals surface area contributed by atoms with Gasteiger partial charge in [0.1, 0.15) is 11.8 Å². The zero-order valence-corrected chi connectivity index (χ0v) is 12.2. The van der Waals surface area contributed by atoms with Gasteiger partial charge >= 0.3 is 5.97 Å². The number of rotatable bonds is 6. The molecule has 2 rings (SSSR count). The lowest BCUT2D eigenvalue weighted by Crippen LogP contribution is -2.42. The summed E-state index contributed by atoms with van der Waals surface area (Å²) in [6.45, 7) is 0. The van der Waals surface area contributed by atoms with Crippen molar-refractivity contribution in [3.8, 4) is 5.75 Å². The van der Waals surface area contributed by atoms with E-state index < -0.39 is 17.9 Å². The van der Waals surface area contributed by atoms with Gasteiger partial charge in [0, 0.05) is 17.9 Å². The highest BCUT2D eigenvalue weighted by Crippen LogP contribution is 2.21. The first-order valence-corrected chi connectivity index (χ1v) is 7.18. The lowest BCUT2D eigenvalue weighted by molar-refractivity contribution is -0.139. The fourth-order valence-electron chi connectivity index (χ4n) is 1.82. The van der Waals surface area contributed by atoms with Crippen molar-refractivity contribution in [2.75, 3.05) is 7.11 Å². The van der Waals surface area contributed by atoms with Crippen molar-refractivity contribution < 1.29 is 19.4 Å². The molecule has 0 aliphatic heterocycles. The number of amides is 1. The molecule has 0 aliphatic rings. The van der Waals surface area contributed by atoms with E-state index in [9.17, 15) is 14.7 Å². The first-order valence-electron chi connectivity index (χ1n) is 6.30. The second kappa shape index (κ2) is 6.90. The first kappa shape index (κ1) is 15.1. The predicted molar refractivity (Wildman–Crippen MR) is 79.9 cm³/mol.